The summed E-state index contributed by atoms with van der Waals surface area (Å²) < 4.78 is 5.41. The van der Waals surface area contributed by atoms with E-state index in [0.717, 1.165) is 5.56 Å². The van der Waals surface area contributed by atoms with E-state index in [2.05, 4.69) is 15.3 Å². The number of hydrogen-bond donors (Lipinski definition) is 2. The molecule has 3 aromatic heterocycles. The summed E-state index contributed by atoms with van der Waals surface area (Å²) in [4.78, 5) is 46.2. The second-order valence-electron chi connectivity index (χ2n) is 7.28. The molecule has 0 saturated carbocycles. The molecular weight excluding hydrogens is 412 g/mol. The standard InChI is InChI=1S/C19H20N4O4S2/c1-10(28-8-6-23-17(25)19(2,3)22-18(23)26)14-20-15(24)13-11(9-29-16(13)21-14)12-5-4-7-27-12/h4-5,7,9-10H,6,8H2,1-3H3,(H,22,26)(H,20,21,24). The number of aromatic amines is 1. The number of amides is 3. The van der Waals surface area contributed by atoms with E-state index < -0.39 is 5.54 Å². The zero-order valence-electron chi connectivity index (χ0n) is 16.1. The summed E-state index contributed by atoms with van der Waals surface area (Å²) in [6, 6.07) is 3.22. The first-order valence-corrected chi connectivity index (χ1v) is 11.0. The third-order valence-electron chi connectivity index (χ3n) is 4.76. The Morgan fingerprint density at radius 2 is 2.14 bits per heavy atom. The number of urea groups is 1. The number of carbonyl (C=O) groups excluding carboxylic acids is 2. The maximum Gasteiger partial charge on any atom is 0.325 e. The van der Waals surface area contributed by atoms with Gasteiger partial charge in [-0.05, 0) is 32.9 Å². The van der Waals surface area contributed by atoms with E-state index in [0.29, 0.717) is 34.1 Å². The van der Waals surface area contributed by atoms with Gasteiger partial charge in [-0.2, -0.15) is 0 Å². The largest absolute Gasteiger partial charge is 0.464 e. The van der Waals surface area contributed by atoms with E-state index in [-0.39, 0.29) is 22.7 Å². The van der Waals surface area contributed by atoms with Crippen molar-refractivity contribution in [1.29, 1.82) is 0 Å². The van der Waals surface area contributed by atoms with Crippen LogP contribution in [-0.4, -0.2) is 44.6 Å². The van der Waals surface area contributed by atoms with E-state index in [4.69, 9.17) is 4.42 Å². The van der Waals surface area contributed by atoms with Gasteiger partial charge in [-0.3, -0.25) is 14.5 Å². The van der Waals surface area contributed by atoms with Crippen LogP contribution in [0.15, 0.2) is 33.0 Å². The maximum absolute atomic E-state index is 12.7. The third-order valence-corrected chi connectivity index (χ3v) is 6.77. The van der Waals surface area contributed by atoms with Crippen molar-refractivity contribution in [1.82, 2.24) is 20.2 Å². The Kier molecular flexibility index (Phi) is 4.99. The monoisotopic (exact) mass is 432 g/mol. The summed E-state index contributed by atoms with van der Waals surface area (Å²) in [5, 5.41) is 4.95. The van der Waals surface area contributed by atoms with Gasteiger partial charge in [0.2, 0.25) is 0 Å². The Balaban J connectivity index is 1.47. The van der Waals surface area contributed by atoms with Crippen molar-refractivity contribution in [3.63, 3.8) is 0 Å². The van der Waals surface area contributed by atoms with Gasteiger partial charge in [0.15, 0.2) is 0 Å². The molecule has 0 spiro atoms. The van der Waals surface area contributed by atoms with Crippen LogP contribution in [0.25, 0.3) is 21.5 Å². The number of fused-ring (bicyclic) bond motifs is 1. The van der Waals surface area contributed by atoms with Gasteiger partial charge in [0.25, 0.3) is 11.5 Å². The van der Waals surface area contributed by atoms with Crippen molar-refractivity contribution in [2.45, 2.75) is 31.6 Å². The minimum Gasteiger partial charge on any atom is -0.464 e. The molecular formula is C19H20N4O4S2. The minimum absolute atomic E-state index is 0.102. The zero-order chi connectivity index (χ0) is 20.8. The molecule has 0 radical (unpaired) electrons. The van der Waals surface area contributed by atoms with Crippen LogP contribution in [-0.2, 0) is 4.79 Å². The molecule has 4 rings (SSSR count). The number of hydrogen-bond acceptors (Lipinski definition) is 7. The molecule has 1 aliphatic heterocycles. The molecule has 1 fully saturated rings. The summed E-state index contributed by atoms with van der Waals surface area (Å²) in [6.45, 7) is 5.61. The normalized spacial score (nSPS) is 17.1. The van der Waals surface area contributed by atoms with E-state index in [1.54, 1.807) is 26.2 Å². The van der Waals surface area contributed by atoms with Crippen LogP contribution in [0.5, 0.6) is 0 Å². The highest BCUT2D eigenvalue weighted by molar-refractivity contribution is 7.99. The fourth-order valence-corrected chi connectivity index (χ4v) is 5.04. The average Bonchev–Trinajstić information content (AvgIpc) is 3.36. The third kappa shape index (κ3) is 3.58. The Labute approximate surface area is 174 Å². The molecule has 0 aliphatic carbocycles. The van der Waals surface area contributed by atoms with Gasteiger partial charge in [0, 0.05) is 23.2 Å². The molecule has 1 atom stereocenters. The number of thioether (sulfide) groups is 1. The number of imide groups is 1. The molecule has 1 aliphatic rings. The van der Waals surface area contributed by atoms with Crippen LogP contribution in [0.1, 0.15) is 31.8 Å². The molecule has 29 heavy (non-hydrogen) atoms. The van der Waals surface area contributed by atoms with Crippen LogP contribution in [0.4, 0.5) is 4.79 Å². The molecule has 3 aromatic rings. The summed E-state index contributed by atoms with van der Waals surface area (Å²) in [6.07, 6.45) is 1.57. The van der Waals surface area contributed by atoms with Gasteiger partial charge in [-0.15, -0.1) is 23.1 Å². The molecule has 2 N–H and O–H groups in total. The average molecular weight is 433 g/mol. The van der Waals surface area contributed by atoms with Crippen LogP contribution >= 0.6 is 23.1 Å². The molecule has 1 saturated heterocycles. The highest BCUT2D eigenvalue weighted by Gasteiger charge is 2.43. The number of H-pyrrole nitrogens is 1. The molecule has 10 heteroatoms. The van der Waals surface area contributed by atoms with Crippen LogP contribution in [0.2, 0.25) is 0 Å². The number of nitrogens with zero attached hydrogens (tertiary/aromatic N) is 2. The van der Waals surface area contributed by atoms with Gasteiger partial charge in [-0.1, -0.05) is 0 Å². The summed E-state index contributed by atoms with van der Waals surface area (Å²) in [5.41, 5.74) is -0.339. The summed E-state index contributed by atoms with van der Waals surface area (Å²) >= 11 is 2.92. The minimum atomic E-state index is -0.865. The Morgan fingerprint density at radius 1 is 1.34 bits per heavy atom. The van der Waals surface area contributed by atoms with Crippen LogP contribution in [0, 0.1) is 0 Å². The topological polar surface area (TPSA) is 108 Å². The van der Waals surface area contributed by atoms with Crippen molar-refractivity contribution in [2.75, 3.05) is 12.3 Å². The highest BCUT2D eigenvalue weighted by Crippen LogP contribution is 2.33. The molecule has 152 valence electrons. The molecule has 0 bridgehead atoms. The Bertz CT molecular complexity index is 1130. The maximum atomic E-state index is 12.7. The fourth-order valence-electron chi connectivity index (χ4n) is 3.19. The smallest absolute Gasteiger partial charge is 0.325 e. The van der Waals surface area contributed by atoms with Gasteiger partial charge >= 0.3 is 6.03 Å². The van der Waals surface area contributed by atoms with Crippen molar-refractivity contribution in [3.8, 4) is 11.3 Å². The van der Waals surface area contributed by atoms with E-state index in [9.17, 15) is 14.4 Å². The number of carbonyl (C=O) groups is 2. The number of nitrogens with one attached hydrogen (secondary N) is 2. The first kappa shape index (κ1) is 19.7. The molecule has 0 aromatic carbocycles. The van der Waals surface area contributed by atoms with Crippen LogP contribution < -0.4 is 10.9 Å². The molecule has 8 nitrogen and oxygen atoms in total. The number of aromatic nitrogens is 2. The lowest BCUT2D eigenvalue weighted by molar-refractivity contribution is -0.130. The lowest BCUT2D eigenvalue weighted by Gasteiger charge is -2.17. The first-order chi connectivity index (χ1) is 13.8. The van der Waals surface area contributed by atoms with Gasteiger partial charge in [-0.25, -0.2) is 9.78 Å². The molecule has 1 unspecified atom stereocenters. The second-order valence-corrected chi connectivity index (χ2v) is 9.59. The van der Waals surface area contributed by atoms with Gasteiger partial charge in [0.05, 0.1) is 16.9 Å². The number of furan rings is 1. The second kappa shape index (κ2) is 7.34. The van der Waals surface area contributed by atoms with Crippen molar-refractivity contribution < 1.29 is 14.0 Å². The van der Waals surface area contributed by atoms with Crippen molar-refractivity contribution in [3.05, 3.63) is 40.0 Å². The highest BCUT2D eigenvalue weighted by atomic mass is 32.2. The summed E-state index contributed by atoms with van der Waals surface area (Å²) in [5.74, 6) is 1.51. The van der Waals surface area contributed by atoms with E-state index in [1.807, 2.05) is 18.4 Å². The van der Waals surface area contributed by atoms with Gasteiger partial charge in [0.1, 0.15) is 22.0 Å². The first-order valence-electron chi connectivity index (χ1n) is 9.09. The van der Waals surface area contributed by atoms with Crippen molar-refractivity contribution >= 4 is 45.3 Å². The summed E-state index contributed by atoms with van der Waals surface area (Å²) in [7, 11) is 0. The Hall–Kier alpha value is -2.59. The quantitative estimate of drug-likeness (QED) is 0.578. The molecule has 4 heterocycles. The predicted molar refractivity (Wildman–Crippen MR) is 113 cm³/mol. The van der Waals surface area contributed by atoms with Crippen LogP contribution in [0.3, 0.4) is 0 Å². The Morgan fingerprint density at radius 3 is 2.79 bits per heavy atom. The number of rotatable bonds is 6. The zero-order valence-corrected chi connectivity index (χ0v) is 17.8. The van der Waals surface area contributed by atoms with Gasteiger partial charge < -0.3 is 14.7 Å². The van der Waals surface area contributed by atoms with E-state index in [1.165, 1.54) is 28.0 Å². The molecule has 3 amide bonds. The lowest BCUT2D eigenvalue weighted by Crippen LogP contribution is -2.40. The van der Waals surface area contributed by atoms with Crippen molar-refractivity contribution in [2.24, 2.45) is 0 Å². The van der Waals surface area contributed by atoms with E-state index >= 15 is 0 Å². The fraction of sp³-hybridized carbons (Fsp3) is 0.368. The number of thiophene rings is 1. The lowest BCUT2D eigenvalue weighted by atomic mass is 10.1. The SMILES string of the molecule is CC(SCCN1C(=O)NC(C)(C)C1=O)c1nc2scc(-c3ccco3)c2c(=O)[nH]1. The predicted octanol–water partition coefficient (Wildman–Crippen LogP) is 3.37.